The molecule has 1 fully saturated rings. The van der Waals surface area contributed by atoms with E-state index < -0.39 is 10.2 Å². The first-order valence-corrected chi connectivity index (χ1v) is 9.93. The molecule has 6 heteroatoms. The zero-order valence-corrected chi connectivity index (χ0v) is 14.6. The number of nitrogens with zero attached hydrogens (tertiary/aromatic N) is 1. The Bertz CT molecular complexity index is 358. The molecule has 0 amide bonds. The van der Waals surface area contributed by atoms with Crippen LogP contribution in [-0.4, -0.2) is 45.9 Å². The van der Waals surface area contributed by atoms with E-state index in [9.17, 15) is 8.42 Å². The van der Waals surface area contributed by atoms with Gasteiger partial charge in [-0.05, 0) is 38.8 Å². The fraction of sp³-hybridized carbons (Fsp3) is 1.00. The molecule has 21 heavy (non-hydrogen) atoms. The third kappa shape index (κ3) is 7.58. The van der Waals surface area contributed by atoms with Gasteiger partial charge in [0.25, 0.3) is 10.2 Å². The summed E-state index contributed by atoms with van der Waals surface area (Å²) < 4.78 is 28.9. The van der Waals surface area contributed by atoms with Crippen molar-refractivity contribution < 1.29 is 8.42 Å². The summed E-state index contributed by atoms with van der Waals surface area (Å²) >= 11 is 0. The zero-order valence-electron chi connectivity index (χ0n) is 13.7. The third-order valence-corrected chi connectivity index (χ3v) is 5.71. The van der Waals surface area contributed by atoms with Gasteiger partial charge in [-0.3, -0.25) is 0 Å². The maximum Gasteiger partial charge on any atom is 0.279 e. The molecule has 5 nitrogen and oxygen atoms in total. The van der Waals surface area contributed by atoms with Crippen LogP contribution < -0.4 is 10.0 Å². The van der Waals surface area contributed by atoms with Gasteiger partial charge in [-0.15, -0.1) is 0 Å². The monoisotopic (exact) mass is 319 g/mol. The van der Waals surface area contributed by atoms with Crippen molar-refractivity contribution in [3.63, 3.8) is 0 Å². The van der Waals surface area contributed by atoms with Crippen LogP contribution >= 0.6 is 0 Å². The first kappa shape index (κ1) is 18.9. The summed E-state index contributed by atoms with van der Waals surface area (Å²) in [7, 11) is -1.36. The van der Waals surface area contributed by atoms with Gasteiger partial charge >= 0.3 is 0 Å². The van der Waals surface area contributed by atoms with Gasteiger partial charge in [0.05, 0.1) is 0 Å². The molecule has 2 N–H and O–H groups in total. The van der Waals surface area contributed by atoms with Crippen molar-refractivity contribution in [1.29, 1.82) is 0 Å². The summed E-state index contributed by atoms with van der Waals surface area (Å²) in [6.07, 6.45) is 9.14. The standard InChI is InChI=1S/C15H33N3O2S/c1-3-4-5-6-7-8-11-17-21(19,20)18-12-9-10-15(14-18)13-16-2/h15-17H,3-14H2,1-2H3. The highest BCUT2D eigenvalue weighted by atomic mass is 32.2. The van der Waals surface area contributed by atoms with E-state index in [1.165, 1.54) is 25.7 Å². The molecule has 0 aromatic carbocycles. The highest BCUT2D eigenvalue weighted by Gasteiger charge is 2.27. The van der Waals surface area contributed by atoms with Gasteiger partial charge in [-0.1, -0.05) is 39.0 Å². The fourth-order valence-electron chi connectivity index (χ4n) is 2.90. The molecule has 0 saturated carbocycles. The molecular formula is C15H33N3O2S. The van der Waals surface area contributed by atoms with Crippen molar-refractivity contribution in [3.8, 4) is 0 Å². The molecule has 1 heterocycles. The van der Waals surface area contributed by atoms with Crippen LogP contribution in [0.1, 0.15) is 58.3 Å². The van der Waals surface area contributed by atoms with E-state index >= 15 is 0 Å². The molecule has 1 rings (SSSR count). The Morgan fingerprint density at radius 1 is 1.14 bits per heavy atom. The lowest BCUT2D eigenvalue weighted by Gasteiger charge is -2.31. The molecule has 1 aliphatic rings. The molecule has 0 aliphatic carbocycles. The zero-order chi connectivity index (χ0) is 15.6. The van der Waals surface area contributed by atoms with E-state index in [0.717, 1.165) is 32.2 Å². The number of piperidine rings is 1. The third-order valence-electron chi connectivity index (χ3n) is 4.13. The summed E-state index contributed by atoms with van der Waals surface area (Å²) in [5.41, 5.74) is 0. The lowest BCUT2D eigenvalue weighted by Crippen LogP contribution is -2.47. The maximum absolute atomic E-state index is 12.3. The Morgan fingerprint density at radius 3 is 2.57 bits per heavy atom. The molecule has 126 valence electrons. The van der Waals surface area contributed by atoms with Gasteiger partial charge in [-0.25, -0.2) is 4.72 Å². The van der Waals surface area contributed by atoms with E-state index in [0.29, 0.717) is 25.6 Å². The Balaban J connectivity index is 2.23. The molecule has 1 atom stereocenters. The summed E-state index contributed by atoms with van der Waals surface area (Å²) in [6.45, 7) is 4.97. The van der Waals surface area contributed by atoms with Crippen LogP contribution in [0.4, 0.5) is 0 Å². The highest BCUT2D eigenvalue weighted by Crippen LogP contribution is 2.17. The van der Waals surface area contributed by atoms with Crippen LogP contribution in [0.15, 0.2) is 0 Å². The minimum Gasteiger partial charge on any atom is -0.319 e. The first-order chi connectivity index (χ1) is 10.1. The molecule has 1 unspecified atom stereocenters. The molecule has 0 spiro atoms. The van der Waals surface area contributed by atoms with Gasteiger partial charge in [0, 0.05) is 19.6 Å². The molecule has 1 aliphatic heterocycles. The fourth-order valence-corrected chi connectivity index (χ4v) is 4.26. The summed E-state index contributed by atoms with van der Waals surface area (Å²) in [4.78, 5) is 0. The van der Waals surface area contributed by atoms with Gasteiger partial charge < -0.3 is 5.32 Å². The van der Waals surface area contributed by atoms with Gasteiger partial charge in [-0.2, -0.15) is 12.7 Å². The van der Waals surface area contributed by atoms with E-state index in [-0.39, 0.29) is 0 Å². The second kappa shape index (κ2) is 10.5. The van der Waals surface area contributed by atoms with E-state index in [4.69, 9.17) is 0 Å². The SMILES string of the molecule is CCCCCCCCNS(=O)(=O)N1CCCC(CNC)C1. The summed E-state index contributed by atoms with van der Waals surface area (Å²) in [6, 6.07) is 0. The Morgan fingerprint density at radius 2 is 1.86 bits per heavy atom. The molecule has 1 saturated heterocycles. The minimum atomic E-state index is -3.28. The number of nitrogens with one attached hydrogen (secondary N) is 2. The number of hydrogen-bond acceptors (Lipinski definition) is 3. The van der Waals surface area contributed by atoms with Crippen molar-refractivity contribution in [2.75, 3.05) is 33.2 Å². The maximum atomic E-state index is 12.3. The van der Waals surface area contributed by atoms with E-state index in [1.54, 1.807) is 4.31 Å². The average molecular weight is 320 g/mol. The molecule has 0 aromatic rings. The molecule has 0 bridgehead atoms. The average Bonchev–Trinajstić information content (AvgIpc) is 2.47. The van der Waals surface area contributed by atoms with E-state index in [1.807, 2.05) is 7.05 Å². The van der Waals surface area contributed by atoms with Crippen molar-refractivity contribution in [3.05, 3.63) is 0 Å². The quantitative estimate of drug-likeness (QED) is 0.573. The normalized spacial score (nSPS) is 20.8. The second-order valence-corrected chi connectivity index (χ2v) is 7.85. The number of unbranched alkanes of at least 4 members (excludes halogenated alkanes) is 5. The number of rotatable bonds is 11. The predicted molar refractivity (Wildman–Crippen MR) is 88.5 cm³/mol. The second-order valence-electron chi connectivity index (χ2n) is 6.09. The van der Waals surface area contributed by atoms with E-state index in [2.05, 4.69) is 17.0 Å². The minimum absolute atomic E-state index is 0.439. The summed E-state index contributed by atoms with van der Waals surface area (Å²) in [5, 5.41) is 3.14. The Hall–Kier alpha value is -0.170. The molecule has 0 radical (unpaired) electrons. The topological polar surface area (TPSA) is 61.4 Å². The van der Waals surface area contributed by atoms with Crippen LogP contribution in [0, 0.1) is 5.92 Å². The van der Waals surface area contributed by atoms with Crippen LogP contribution in [0.3, 0.4) is 0 Å². The number of hydrogen-bond donors (Lipinski definition) is 2. The molecular weight excluding hydrogens is 286 g/mol. The Labute approximate surface area is 131 Å². The lowest BCUT2D eigenvalue weighted by molar-refractivity contribution is 0.261. The predicted octanol–water partition coefficient (Wildman–Crippen LogP) is 2.11. The van der Waals surface area contributed by atoms with Gasteiger partial charge in [0.2, 0.25) is 0 Å². The van der Waals surface area contributed by atoms with Crippen molar-refractivity contribution in [1.82, 2.24) is 14.3 Å². The van der Waals surface area contributed by atoms with Crippen molar-refractivity contribution in [2.24, 2.45) is 5.92 Å². The molecule has 0 aromatic heterocycles. The van der Waals surface area contributed by atoms with Gasteiger partial charge in [0.15, 0.2) is 0 Å². The lowest BCUT2D eigenvalue weighted by atomic mass is 10.00. The smallest absolute Gasteiger partial charge is 0.279 e. The van der Waals surface area contributed by atoms with Crippen molar-refractivity contribution in [2.45, 2.75) is 58.3 Å². The first-order valence-electron chi connectivity index (χ1n) is 8.49. The Kier molecular flexibility index (Phi) is 9.47. The highest BCUT2D eigenvalue weighted by molar-refractivity contribution is 7.87. The largest absolute Gasteiger partial charge is 0.319 e. The van der Waals surface area contributed by atoms with Crippen LogP contribution in [0.5, 0.6) is 0 Å². The van der Waals surface area contributed by atoms with Crippen molar-refractivity contribution >= 4 is 10.2 Å². The summed E-state index contributed by atoms with van der Waals surface area (Å²) in [5.74, 6) is 0.439. The van der Waals surface area contributed by atoms with Crippen LogP contribution in [0.2, 0.25) is 0 Å². The van der Waals surface area contributed by atoms with Crippen LogP contribution in [-0.2, 0) is 10.2 Å². The van der Waals surface area contributed by atoms with Crippen LogP contribution in [0.25, 0.3) is 0 Å². The van der Waals surface area contributed by atoms with Gasteiger partial charge in [0.1, 0.15) is 0 Å².